The average Bonchev–Trinajstić information content (AvgIpc) is 2.44. The number of carbonyl (C=O) groups is 3. The van der Waals surface area contributed by atoms with Gasteiger partial charge in [-0.2, -0.15) is 0 Å². The molecule has 3 amide bonds. The van der Waals surface area contributed by atoms with Crippen LogP contribution in [0.4, 0.5) is 4.79 Å². The molecule has 0 bridgehead atoms. The maximum Gasteiger partial charge on any atom is 0.326 e. The Morgan fingerprint density at radius 1 is 1.05 bits per heavy atom. The molecule has 7 nitrogen and oxygen atoms in total. The number of hydrogen-bond acceptors (Lipinski definition) is 3. The molecule has 21 heavy (non-hydrogen) atoms. The highest BCUT2D eigenvalue weighted by molar-refractivity contribution is 5.88. The van der Waals surface area contributed by atoms with E-state index in [0.29, 0.717) is 19.5 Å². The number of urea groups is 1. The number of hydrogen-bond donors (Lipinski definition) is 3. The van der Waals surface area contributed by atoms with Gasteiger partial charge in [0.15, 0.2) is 0 Å². The van der Waals surface area contributed by atoms with Gasteiger partial charge in [0.25, 0.3) is 0 Å². The third-order valence-corrected chi connectivity index (χ3v) is 3.56. The van der Waals surface area contributed by atoms with E-state index in [1.807, 2.05) is 20.8 Å². The molecule has 0 radical (unpaired) electrons. The van der Waals surface area contributed by atoms with Crippen LogP contribution in [0.1, 0.15) is 41.0 Å². The summed E-state index contributed by atoms with van der Waals surface area (Å²) in [6.45, 7) is 10.0. The minimum Gasteiger partial charge on any atom is -0.480 e. The van der Waals surface area contributed by atoms with Crippen molar-refractivity contribution in [1.82, 2.24) is 15.5 Å². The minimum atomic E-state index is -1.08. The number of carboxylic acids is 1. The first kappa shape index (κ1) is 19.2. The molecule has 0 aromatic carbocycles. The van der Waals surface area contributed by atoms with Crippen LogP contribution in [0.15, 0.2) is 0 Å². The summed E-state index contributed by atoms with van der Waals surface area (Å²) in [6, 6.07) is -2.31. The highest BCUT2D eigenvalue weighted by Crippen LogP contribution is 2.07. The van der Waals surface area contributed by atoms with E-state index in [-0.39, 0.29) is 11.8 Å². The number of nitrogens with one attached hydrogen (secondary N) is 2. The summed E-state index contributed by atoms with van der Waals surface area (Å²) in [7, 11) is 0. The highest BCUT2D eigenvalue weighted by Gasteiger charge is 2.27. The molecule has 0 rings (SSSR count). The molecular formula is C14H27N3O4. The zero-order valence-electron chi connectivity index (χ0n) is 13.5. The normalized spacial score (nSPS) is 14.7. The van der Waals surface area contributed by atoms with Crippen LogP contribution >= 0.6 is 0 Å². The lowest BCUT2D eigenvalue weighted by Crippen LogP contribution is -2.54. The van der Waals surface area contributed by atoms with Crippen LogP contribution in [0.25, 0.3) is 0 Å². The fourth-order valence-corrected chi connectivity index (χ4v) is 1.93. The second kappa shape index (κ2) is 9.20. The Labute approximate surface area is 126 Å². The molecule has 3 atom stereocenters. The molecule has 0 aromatic rings. The lowest BCUT2D eigenvalue weighted by atomic mass is 9.99. The summed E-state index contributed by atoms with van der Waals surface area (Å²) in [6.07, 6.45) is 0.630. The third-order valence-electron chi connectivity index (χ3n) is 3.56. The molecular weight excluding hydrogens is 274 g/mol. The summed E-state index contributed by atoms with van der Waals surface area (Å²) >= 11 is 0. The molecule has 122 valence electrons. The minimum absolute atomic E-state index is 0.189. The number of carboxylic acid groups (broad SMARTS) is 1. The van der Waals surface area contributed by atoms with Crippen molar-refractivity contribution in [1.29, 1.82) is 0 Å². The topological polar surface area (TPSA) is 98.7 Å². The third kappa shape index (κ3) is 6.01. The van der Waals surface area contributed by atoms with E-state index in [1.54, 1.807) is 18.7 Å². The quantitative estimate of drug-likeness (QED) is 0.624. The molecule has 0 aromatic heterocycles. The SMILES string of the molecule is CCC(C)C(NC(=O)NC(C)C(=O)N(CC)CC)C(=O)O. The van der Waals surface area contributed by atoms with Crippen LogP contribution in [-0.2, 0) is 9.59 Å². The summed E-state index contributed by atoms with van der Waals surface area (Å²) in [5, 5.41) is 14.0. The van der Waals surface area contributed by atoms with Crippen molar-refractivity contribution in [3.8, 4) is 0 Å². The Morgan fingerprint density at radius 2 is 1.57 bits per heavy atom. The van der Waals surface area contributed by atoms with Crippen molar-refractivity contribution in [2.45, 2.75) is 53.1 Å². The summed E-state index contributed by atoms with van der Waals surface area (Å²) in [5.74, 6) is -1.46. The maximum atomic E-state index is 12.0. The lowest BCUT2D eigenvalue weighted by molar-refractivity contribution is -0.140. The zero-order valence-corrected chi connectivity index (χ0v) is 13.5. The largest absolute Gasteiger partial charge is 0.480 e. The predicted molar refractivity (Wildman–Crippen MR) is 79.9 cm³/mol. The first-order chi connectivity index (χ1) is 9.78. The van der Waals surface area contributed by atoms with E-state index in [2.05, 4.69) is 10.6 Å². The van der Waals surface area contributed by atoms with E-state index in [1.165, 1.54) is 0 Å². The van der Waals surface area contributed by atoms with Gasteiger partial charge in [-0.1, -0.05) is 20.3 Å². The Bertz CT molecular complexity index is 369. The van der Waals surface area contributed by atoms with Gasteiger partial charge in [-0.25, -0.2) is 9.59 Å². The lowest BCUT2D eigenvalue weighted by Gasteiger charge is -2.25. The van der Waals surface area contributed by atoms with Gasteiger partial charge in [-0.15, -0.1) is 0 Å². The van der Waals surface area contributed by atoms with Gasteiger partial charge in [0.1, 0.15) is 12.1 Å². The molecule has 0 spiro atoms. The first-order valence-electron chi connectivity index (χ1n) is 7.36. The standard InChI is InChI=1S/C14H27N3O4/c1-6-9(4)11(13(19)20)16-14(21)15-10(5)12(18)17(7-2)8-3/h9-11H,6-8H2,1-5H3,(H,19,20)(H2,15,16,21). The van der Waals surface area contributed by atoms with E-state index < -0.39 is 24.1 Å². The van der Waals surface area contributed by atoms with Gasteiger partial charge >= 0.3 is 12.0 Å². The van der Waals surface area contributed by atoms with Crippen molar-refractivity contribution in [2.75, 3.05) is 13.1 Å². The summed E-state index contributed by atoms with van der Waals surface area (Å²) in [4.78, 5) is 36.6. The van der Waals surface area contributed by atoms with Gasteiger partial charge in [-0.3, -0.25) is 4.79 Å². The number of amides is 3. The smallest absolute Gasteiger partial charge is 0.326 e. The molecule has 3 unspecified atom stereocenters. The van der Waals surface area contributed by atoms with Crippen LogP contribution in [0, 0.1) is 5.92 Å². The zero-order chi connectivity index (χ0) is 16.6. The Morgan fingerprint density at radius 3 is 1.95 bits per heavy atom. The van der Waals surface area contributed by atoms with Crippen molar-refractivity contribution in [3.05, 3.63) is 0 Å². The number of nitrogens with zero attached hydrogens (tertiary/aromatic N) is 1. The van der Waals surface area contributed by atoms with Gasteiger partial charge in [-0.05, 0) is 26.7 Å². The second-order valence-corrected chi connectivity index (χ2v) is 5.05. The average molecular weight is 301 g/mol. The van der Waals surface area contributed by atoms with Gasteiger partial charge in [0.2, 0.25) is 5.91 Å². The summed E-state index contributed by atoms with van der Waals surface area (Å²) < 4.78 is 0. The highest BCUT2D eigenvalue weighted by atomic mass is 16.4. The summed E-state index contributed by atoms with van der Waals surface area (Å²) in [5.41, 5.74) is 0. The van der Waals surface area contributed by atoms with E-state index >= 15 is 0 Å². The fourth-order valence-electron chi connectivity index (χ4n) is 1.93. The molecule has 0 saturated carbocycles. The van der Waals surface area contributed by atoms with E-state index in [4.69, 9.17) is 5.11 Å². The van der Waals surface area contributed by atoms with Gasteiger partial charge in [0, 0.05) is 13.1 Å². The molecule has 3 N–H and O–H groups in total. The van der Waals surface area contributed by atoms with E-state index in [9.17, 15) is 14.4 Å². The van der Waals surface area contributed by atoms with Crippen LogP contribution in [-0.4, -0.2) is 53.1 Å². The molecule has 7 heteroatoms. The number of likely N-dealkylation sites (N-methyl/N-ethyl adjacent to an activating group) is 1. The van der Waals surface area contributed by atoms with Crippen LogP contribution in [0.5, 0.6) is 0 Å². The second-order valence-electron chi connectivity index (χ2n) is 5.05. The Hall–Kier alpha value is -1.79. The molecule has 0 aliphatic rings. The first-order valence-corrected chi connectivity index (χ1v) is 7.36. The number of aliphatic carboxylic acids is 1. The van der Waals surface area contributed by atoms with Gasteiger partial charge in [0.05, 0.1) is 0 Å². The Balaban J connectivity index is 4.60. The fraction of sp³-hybridized carbons (Fsp3) is 0.786. The predicted octanol–water partition coefficient (Wildman–Crippen LogP) is 1.04. The van der Waals surface area contributed by atoms with Crippen LogP contribution in [0.2, 0.25) is 0 Å². The monoisotopic (exact) mass is 301 g/mol. The molecule has 0 fully saturated rings. The van der Waals surface area contributed by atoms with Crippen molar-refractivity contribution in [3.63, 3.8) is 0 Å². The van der Waals surface area contributed by atoms with Crippen molar-refractivity contribution >= 4 is 17.9 Å². The van der Waals surface area contributed by atoms with Crippen LogP contribution in [0.3, 0.4) is 0 Å². The maximum absolute atomic E-state index is 12.0. The number of carbonyl (C=O) groups excluding carboxylic acids is 2. The van der Waals surface area contributed by atoms with Crippen molar-refractivity contribution in [2.24, 2.45) is 5.92 Å². The van der Waals surface area contributed by atoms with Crippen molar-refractivity contribution < 1.29 is 19.5 Å². The van der Waals surface area contributed by atoms with Crippen LogP contribution < -0.4 is 10.6 Å². The molecule has 0 saturated heterocycles. The molecule has 0 aliphatic carbocycles. The molecule has 0 aliphatic heterocycles. The van der Waals surface area contributed by atoms with Gasteiger partial charge < -0.3 is 20.6 Å². The Kier molecular flexibility index (Phi) is 8.42. The van der Waals surface area contributed by atoms with E-state index in [0.717, 1.165) is 0 Å². The molecule has 0 heterocycles. The number of rotatable bonds is 8.